The molecule has 0 bridgehead atoms. The number of halogens is 1. The van der Waals surface area contributed by atoms with Crippen LogP contribution in [-0.2, 0) is 6.54 Å². The van der Waals surface area contributed by atoms with Crippen molar-refractivity contribution in [1.29, 1.82) is 0 Å². The molecular formula is C14H18ClN5. The fraction of sp³-hybridized carbons (Fsp3) is 0.500. The molecule has 0 aliphatic heterocycles. The van der Waals surface area contributed by atoms with Crippen molar-refractivity contribution in [3.63, 3.8) is 0 Å². The molecular weight excluding hydrogens is 274 g/mol. The molecule has 1 aliphatic carbocycles. The van der Waals surface area contributed by atoms with Crippen molar-refractivity contribution in [2.75, 3.05) is 5.73 Å². The third kappa shape index (κ3) is 2.77. The van der Waals surface area contributed by atoms with Crippen molar-refractivity contribution >= 4 is 17.3 Å². The molecule has 6 heteroatoms. The Morgan fingerprint density at radius 3 is 2.85 bits per heavy atom. The van der Waals surface area contributed by atoms with Gasteiger partial charge < -0.3 is 5.73 Å². The van der Waals surface area contributed by atoms with Gasteiger partial charge in [0.2, 0.25) is 0 Å². The van der Waals surface area contributed by atoms with Crippen LogP contribution in [0.4, 0.5) is 5.69 Å². The molecule has 0 unspecified atom stereocenters. The lowest BCUT2D eigenvalue weighted by atomic mass is 9.89. The van der Waals surface area contributed by atoms with Crippen LogP contribution >= 0.6 is 11.6 Å². The molecule has 1 aliphatic rings. The topological polar surface area (TPSA) is 69.6 Å². The van der Waals surface area contributed by atoms with Gasteiger partial charge in [-0.05, 0) is 47.4 Å². The highest BCUT2D eigenvalue weighted by Crippen LogP contribution is 2.30. The Morgan fingerprint density at radius 2 is 2.05 bits per heavy atom. The monoisotopic (exact) mass is 291 g/mol. The van der Waals surface area contributed by atoms with Crippen molar-refractivity contribution in [2.45, 2.75) is 38.6 Å². The molecule has 0 radical (unpaired) electrons. The summed E-state index contributed by atoms with van der Waals surface area (Å²) in [5.41, 5.74) is 7.29. The molecule has 0 saturated heterocycles. The van der Waals surface area contributed by atoms with Gasteiger partial charge in [0.15, 0.2) is 5.82 Å². The van der Waals surface area contributed by atoms with E-state index in [-0.39, 0.29) is 0 Å². The molecule has 20 heavy (non-hydrogen) atoms. The van der Waals surface area contributed by atoms with Crippen molar-refractivity contribution in [3.8, 4) is 11.4 Å². The number of nitrogen functional groups attached to an aromatic ring is 1. The molecule has 1 heterocycles. The second kappa shape index (κ2) is 5.79. The summed E-state index contributed by atoms with van der Waals surface area (Å²) in [6, 6.07) is 5.39. The van der Waals surface area contributed by atoms with Crippen molar-refractivity contribution < 1.29 is 0 Å². The van der Waals surface area contributed by atoms with Crippen molar-refractivity contribution in [1.82, 2.24) is 20.2 Å². The van der Waals surface area contributed by atoms with E-state index in [2.05, 4.69) is 15.5 Å². The lowest BCUT2D eigenvalue weighted by molar-refractivity contribution is 0.307. The Labute approximate surface area is 123 Å². The van der Waals surface area contributed by atoms with Crippen LogP contribution in [0.25, 0.3) is 11.4 Å². The highest BCUT2D eigenvalue weighted by molar-refractivity contribution is 6.33. The summed E-state index contributed by atoms with van der Waals surface area (Å²) >= 11 is 6.24. The predicted octanol–water partition coefficient (Wildman–Crippen LogP) is 3.16. The standard InChI is InChI=1S/C14H18ClN5/c15-13-7-6-11(16)8-12(13)14-17-18-19-20(14)9-10-4-2-1-3-5-10/h6-8,10H,1-5,9,16H2. The van der Waals surface area contributed by atoms with Gasteiger partial charge in [0.05, 0.1) is 5.02 Å². The fourth-order valence-corrected chi connectivity index (χ4v) is 3.05. The van der Waals surface area contributed by atoms with Crippen LogP contribution in [-0.4, -0.2) is 20.2 Å². The number of hydrogen-bond donors (Lipinski definition) is 1. The second-order valence-electron chi connectivity index (χ2n) is 5.43. The highest BCUT2D eigenvalue weighted by atomic mass is 35.5. The zero-order valence-electron chi connectivity index (χ0n) is 11.3. The summed E-state index contributed by atoms with van der Waals surface area (Å²) in [6.07, 6.45) is 6.47. The highest BCUT2D eigenvalue weighted by Gasteiger charge is 2.18. The zero-order valence-corrected chi connectivity index (χ0v) is 12.1. The van der Waals surface area contributed by atoms with Gasteiger partial charge in [-0.3, -0.25) is 0 Å². The largest absolute Gasteiger partial charge is 0.399 e. The van der Waals surface area contributed by atoms with E-state index in [0.717, 1.165) is 12.1 Å². The van der Waals surface area contributed by atoms with Gasteiger partial charge in [0, 0.05) is 17.8 Å². The Balaban J connectivity index is 1.87. The minimum absolute atomic E-state index is 0.624. The van der Waals surface area contributed by atoms with E-state index in [1.54, 1.807) is 12.1 Å². The van der Waals surface area contributed by atoms with Crippen molar-refractivity contribution in [2.24, 2.45) is 5.92 Å². The first kappa shape index (κ1) is 13.4. The van der Waals surface area contributed by atoms with E-state index in [1.165, 1.54) is 32.1 Å². The minimum Gasteiger partial charge on any atom is -0.399 e. The smallest absolute Gasteiger partial charge is 0.183 e. The second-order valence-corrected chi connectivity index (χ2v) is 5.84. The number of aromatic nitrogens is 4. The predicted molar refractivity (Wildman–Crippen MR) is 79.3 cm³/mol. The summed E-state index contributed by atoms with van der Waals surface area (Å²) in [4.78, 5) is 0. The first-order valence-corrected chi connectivity index (χ1v) is 7.43. The maximum atomic E-state index is 6.24. The van der Waals surface area contributed by atoms with Crippen molar-refractivity contribution in [3.05, 3.63) is 23.2 Å². The SMILES string of the molecule is Nc1ccc(Cl)c(-c2nnnn2CC2CCCCC2)c1. The van der Waals surface area contributed by atoms with Crippen LogP contribution in [0, 0.1) is 5.92 Å². The summed E-state index contributed by atoms with van der Waals surface area (Å²) in [6.45, 7) is 0.855. The average molecular weight is 292 g/mol. The number of rotatable bonds is 3. The van der Waals surface area contributed by atoms with Crippen LogP contribution in [0.1, 0.15) is 32.1 Å². The summed E-state index contributed by atoms with van der Waals surface area (Å²) in [7, 11) is 0. The van der Waals surface area contributed by atoms with E-state index in [9.17, 15) is 0 Å². The van der Waals surface area contributed by atoms with Gasteiger partial charge >= 0.3 is 0 Å². The molecule has 0 spiro atoms. The molecule has 1 saturated carbocycles. The average Bonchev–Trinajstić information content (AvgIpc) is 2.91. The van der Waals surface area contributed by atoms with Gasteiger partial charge in [-0.1, -0.05) is 30.9 Å². The van der Waals surface area contributed by atoms with E-state index < -0.39 is 0 Å². The molecule has 0 atom stereocenters. The molecule has 106 valence electrons. The van der Waals surface area contributed by atoms with Crippen LogP contribution in [0.5, 0.6) is 0 Å². The maximum Gasteiger partial charge on any atom is 0.183 e. The van der Waals surface area contributed by atoms with E-state index in [4.69, 9.17) is 17.3 Å². The van der Waals surface area contributed by atoms with E-state index >= 15 is 0 Å². The molecule has 1 aromatic heterocycles. The molecule has 5 nitrogen and oxygen atoms in total. The number of benzene rings is 1. The van der Waals surface area contributed by atoms with Gasteiger partial charge in [0.1, 0.15) is 0 Å². The molecule has 2 N–H and O–H groups in total. The Hall–Kier alpha value is -1.62. The number of anilines is 1. The normalized spacial score (nSPS) is 16.4. The Kier molecular flexibility index (Phi) is 3.87. The van der Waals surface area contributed by atoms with Gasteiger partial charge in [-0.2, -0.15) is 0 Å². The maximum absolute atomic E-state index is 6.24. The molecule has 3 rings (SSSR count). The number of tetrazole rings is 1. The molecule has 2 aromatic rings. The third-order valence-corrected chi connectivity index (χ3v) is 4.25. The summed E-state index contributed by atoms with van der Waals surface area (Å²) in [5, 5.41) is 12.7. The van der Waals surface area contributed by atoms with Crippen LogP contribution in [0.2, 0.25) is 5.02 Å². The van der Waals surface area contributed by atoms with Crippen LogP contribution < -0.4 is 5.73 Å². The van der Waals surface area contributed by atoms with Gasteiger partial charge in [-0.15, -0.1) is 5.10 Å². The van der Waals surface area contributed by atoms with Gasteiger partial charge in [-0.25, -0.2) is 4.68 Å². The summed E-state index contributed by atoms with van der Waals surface area (Å²) < 4.78 is 1.86. The van der Waals surface area contributed by atoms with E-state index in [1.807, 2.05) is 10.7 Å². The molecule has 1 aromatic carbocycles. The Morgan fingerprint density at radius 1 is 1.25 bits per heavy atom. The quantitative estimate of drug-likeness (QED) is 0.882. The van der Waals surface area contributed by atoms with Crippen LogP contribution in [0.3, 0.4) is 0 Å². The molecule has 0 amide bonds. The summed E-state index contributed by atoms with van der Waals surface area (Å²) in [5.74, 6) is 1.36. The lowest BCUT2D eigenvalue weighted by Gasteiger charge is -2.21. The first-order chi connectivity index (χ1) is 9.74. The van der Waals surface area contributed by atoms with Crippen LogP contribution in [0.15, 0.2) is 18.2 Å². The number of nitrogens with two attached hydrogens (primary N) is 1. The fourth-order valence-electron chi connectivity index (χ4n) is 2.85. The first-order valence-electron chi connectivity index (χ1n) is 7.05. The van der Waals surface area contributed by atoms with Gasteiger partial charge in [0.25, 0.3) is 0 Å². The lowest BCUT2D eigenvalue weighted by Crippen LogP contribution is -2.16. The zero-order chi connectivity index (χ0) is 13.9. The minimum atomic E-state index is 0.624. The van der Waals surface area contributed by atoms with E-state index in [0.29, 0.717) is 22.5 Å². The molecule has 1 fully saturated rings. The third-order valence-electron chi connectivity index (χ3n) is 3.92. The Bertz CT molecular complexity index is 589. The number of nitrogens with zero attached hydrogens (tertiary/aromatic N) is 4. The number of hydrogen-bond acceptors (Lipinski definition) is 4.